The van der Waals surface area contributed by atoms with E-state index in [-0.39, 0.29) is 5.91 Å². The van der Waals surface area contributed by atoms with Gasteiger partial charge in [0.1, 0.15) is 11.4 Å². The molecule has 5 heteroatoms. The molecule has 3 aromatic rings. The summed E-state index contributed by atoms with van der Waals surface area (Å²) in [5.74, 6) is 0.686. The minimum Gasteiger partial charge on any atom is -0.464 e. The second-order valence-corrected chi connectivity index (χ2v) is 5.79. The van der Waals surface area contributed by atoms with E-state index in [0.717, 1.165) is 35.2 Å². The molecule has 0 saturated heterocycles. The second kappa shape index (κ2) is 5.76. The molecule has 0 radical (unpaired) electrons. The molecule has 1 saturated carbocycles. The Kier molecular flexibility index (Phi) is 3.46. The van der Waals surface area contributed by atoms with Crippen LogP contribution in [0, 0.1) is 0 Å². The van der Waals surface area contributed by atoms with Crippen molar-refractivity contribution in [2.75, 3.05) is 5.32 Å². The topological polar surface area (TPSA) is 67.2 Å². The molecule has 2 heterocycles. The van der Waals surface area contributed by atoms with E-state index in [1.165, 1.54) is 0 Å². The molecular formula is C18H17N3O2. The Morgan fingerprint density at radius 3 is 2.87 bits per heavy atom. The fourth-order valence-electron chi connectivity index (χ4n) is 2.48. The van der Waals surface area contributed by atoms with Crippen LogP contribution in [0.4, 0.5) is 5.82 Å². The maximum absolute atomic E-state index is 11.9. The highest BCUT2D eigenvalue weighted by atomic mass is 16.3. The number of aromatic nitrogens is 1. The van der Waals surface area contributed by atoms with Gasteiger partial charge in [-0.1, -0.05) is 18.2 Å². The van der Waals surface area contributed by atoms with Crippen LogP contribution >= 0.6 is 0 Å². The first-order valence-electron chi connectivity index (χ1n) is 7.75. The van der Waals surface area contributed by atoms with Gasteiger partial charge in [0.15, 0.2) is 0 Å². The molecular weight excluding hydrogens is 290 g/mol. The van der Waals surface area contributed by atoms with Crippen molar-refractivity contribution in [3.05, 3.63) is 60.0 Å². The molecule has 116 valence electrons. The van der Waals surface area contributed by atoms with Crippen LogP contribution in [0.5, 0.6) is 0 Å². The van der Waals surface area contributed by atoms with Gasteiger partial charge in [-0.3, -0.25) is 4.79 Å². The highest BCUT2D eigenvalue weighted by Crippen LogP contribution is 2.22. The third-order valence-electron chi connectivity index (χ3n) is 3.96. The lowest BCUT2D eigenvalue weighted by molar-refractivity contribution is 0.0951. The number of hydrogen-bond donors (Lipinski definition) is 2. The van der Waals surface area contributed by atoms with Gasteiger partial charge in [0, 0.05) is 29.7 Å². The Bertz CT molecular complexity index is 835. The Morgan fingerprint density at radius 2 is 2.09 bits per heavy atom. The van der Waals surface area contributed by atoms with Crippen molar-refractivity contribution in [3.63, 3.8) is 0 Å². The van der Waals surface area contributed by atoms with E-state index in [4.69, 9.17) is 4.42 Å². The van der Waals surface area contributed by atoms with E-state index in [1.807, 2.05) is 30.3 Å². The Morgan fingerprint density at radius 1 is 1.22 bits per heavy atom. The van der Waals surface area contributed by atoms with Crippen LogP contribution in [-0.4, -0.2) is 16.9 Å². The number of furan rings is 1. The van der Waals surface area contributed by atoms with Gasteiger partial charge in [0.05, 0.1) is 11.8 Å². The summed E-state index contributed by atoms with van der Waals surface area (Å²) >= 11 is 0. The summed E-state index contributed by atoms with van der Waals surface area (Å²) in [4.78, 5) is 16.2. The number of para-hydroxylation sites is 1. The summed E-state index contributed by atoms with van der Waals surface area (Å²) in [6, 6.07) is 11.9. The standard InChI is InChI=1S/C18H17N3O2/c22-18(21-14-6-7-14)12-5-8-17(19-9-12)20-10-13-11-23-16-4-2-1-3-15(13)16/h1-5,8-9,11,14H,6-7,10H2,(H,19,20)(H,21,22). The molecule has 5 nitrogen and oxygen atoms in total. The zero-order chi connectivity index (χ0) is 15.6. The summed E-state index contributed by atoms with van der Waals surface area (Å²) in [5, 5.41) is 7.31. The molecule has 23 heavy (non-hydrogen) atoms. The molecule has 0 unspecified atom stereocenters. The minimum atomic E-state index is -0.0487. The van der Waals surface area contributed by atoms with E-state index in [1.54, 1.807) is 18.5 Å². The number of amides is 1. The van der Waals surface area contributed by atoms with E-state index in [9.17, 15) is 4.79 Å². The molecule has 1 aliphatic carbocycles. The molecule has 1 aliphatic rings. The van der Waals surface area contributed by atoms with Gasteiger partial charge >= 0.3 is 0 Å². The van der Waals surface area contributed by atoms with Gasteiger partial charge in [-0.25, -0.2) is 4.98 Å². The van der Waals surface area contributed by atoms with E-state index >= 15 is 0 Å². The molecule has 1 aromatic carbocycles. The number of nitrogens with zero attached hydrogens (tertiary/aromatic N) is 1. The highest BCUT2D eigenvalue weighted by Gasteiger charge is 2.23. The fourth-order valence-corrected chi connectivity index (χ4v) is 2.48. The van der Waals surface area contributed by atoms with Gasteiger partial charge in [-0.15, -0.1) is 0 Å². The molecule has 2 N–H and O–H groups in total. The molecule has 4 rings (SSSR count). The molecule has 1 amide bonds. The molecule has 0 atom stereocenters. The lowest BCUT2D eigenvalue weighted by Crippen LogP contribution is -2.25. The smallest absolute Gasteiger partial charge is 0.253 e. The Hall–Kier alpha value is -2.82. The number of pyridine rings is 1. The lowest BCUT2D eigenvalue weighted by atomic mass is 10.2. The zero-order valence-corrected chi connectivity index (χ0v) is 12.6. The van der Waals surface area contributed by atoms with Crippen LogP contribution in [0.25, 0.3) is 11.0 Å². The lowest BCUT2D eigenvalue weighted by Gasteiger charge is -2.06. The molecule has 0 spiro atoms. The third-order valence-corrected chi connectivity index (χ3v) is 3.96. The second-order valence-electron chi connectivity index (χ2n) is 5.79. The highest BCUT2D eigenvalue weighted by molar-refractivity contribution is 5.94. The number of carbonyl (C=O) groups excluding carboxylic acids is 1. The summed E-state index contributed by atoms with van der Waals surface area (Å²) in [6.07, 6.45) is 5.53. The number of nitrogens with one attached hydrogen (secondary N) is 2. The van der Waals surface area contributed by atoms with Gasteiger partial charge in [-0.05, 0) is 31.0 Å². The van der Waals surface area contributed by atoms with Crippen molar-refractivity contribution in [2.45, 2.75) is 25.4 Å². The summed E-state index contributed by atoms with van der Waals surface area (Å²) < 4.78 is 5.52. The van der Waals surface area contributed by atoms with Crippen LogP contribution in [0.1, 0.15) is 28.8 Å². The van der Waals surface area contributed by atoms with E-state index in [0.29, 0.717) is 18.2 Å². The van der Waals surface area contributed by atoms with Gasteiger partial charge in [0.25, 0.3) is 5.91 Å². The molecule has 0 bridgehead atoms. The maximum atomic E-state index is 11.9. The van der Waals surface area contributed by atoms with Crippen molar-refractivity contribution in [3.8, 4) is 0 Å². The van der Waals surface area contributed by atoms with Crippen LogP contribution < -0.4 is 10.6 Å². The predicted octanol–water partition coefficient (Wildman–Crippen LogP) is 3.33. The first kappa shape index (κ1) is 13.8. The number of fused-ring (bicyclic) bond motifs is 1. The summed E-state index contributed by atoms with van der Waals surface area (Å²) in [6.45, 7) is 0.623. The van der Waals surface area contributed by atoms with Gasteiger partial charge in [0.2, 0.25) is 0 Å². The van der Waals surface area contributed by atoms with Crippen molar-refractivity contribution in [2.24, 2.45) is 0 Å². The molecule has 0 aliphatic heterocycles. The predicted molar refractivity (Wildman–Crippen MR) is 88.3 cm³/mol. The fraction of sp³-hybridized carbons (Fsp3) is 0.222. The first-order chi connectivity index (χ1) is 11.3. The van der Waals surface area contributed by atoms with Crippen LogP contribution in [0.3, 0.4) is 0 Å². The normalized spacial score (nSPS) is 13.9. The number of hydrogen-bond acceptors (Lipinski definition) is 4. The van der Waals surface area contributed by atoms with Crippen LogP contribution in [0.2, 0.25) is 0 Å². The van der Waals surface area contributed by atoms with E-state index in [2.05, 4.69) is 15.6 Å². The zero-order valence-electron chi connectivity index (χ0n) is 12.6. The molecule has 1 fully saturated rings. The summed E-state index contributed by atoms with van der Waals surface area (Å²) in [5.41, 5.74) is 2.55. The first-order valence-corrected chi connectivity index (χ1v) is 7.75. The van der Waals surface area contributed by atoms with Crippen molar-refractivity contribution < 1.29 is 9.21 Å². The minimum absolute atomic E-state index is 0.0487. The monoisotopic (exact) mass is 307 g/mol. The number of anilines is 1. The van der Waals surface area contributed by atoms with Crippen molar-refractivity contribution >= 4 is 22.7 Å². The Labute approximate surface area is 133 Å². The van der Waals surface area contributed by atoms with E-state index < -0.39 is 0 Å². The quantitative estimate of drug-likeness (QED) is 0.758. The van der Waals surface area contributed by atoms with Crippen molar-refractivity contribution in [1.29, 1.82) is 0 Å². The number of rotatable bonds is 5. The number of carbonyl (C=O) groups is 1. The van der Waals surface area contributed by atoms with Gasteiger partial charge in [-0.2, -0.15) is 0 Å². The Balaban J connectivity index is 1.41. The largest absolute Gasteiger partial charge is 0.464 e. The molecule has 2 aromatic heterocycles. The summed E-state index contributed by atoms with van der Waals surface area (Å²) in [7, 11) is 0. The number of benzene rings is 1. The average Bonchev–Trinajstić information content (AvgIpc) is 3.31. The van der Waals surface area contributed by atoms with Crippen LogP contribution in [-0.2, 0) is 6.54 Å². The van der Waals surface area contributed by atoms with Crippen molar-refractivity contribution in [1.82, 2.24) is 10.3 Å². The SMILES string of the molecule is O=C(NC1CC1)c1ccc(NCc2coc3ccccc23)nc1. The maximum Gasteiger partial charge on any atom is 0.253 e. The van der Waals surface area contributed by atoms with Crippen LogP contribution in [0.15, 0.2) is 53.3 Å². The third kappa shape index (κ3) is 3.04. The van der Waals surface area contributed by atoms with Gasteiger partial charge < -0.3 is 15.1 Å². The average molecular weight is 307 g/mol.